The summed E-state index contributed by atoms with van der Waals surface area (Å²) in [5, 5.41) is 62.1. The molecule has 2 aliphatic carbocycles. The highest BCUT2D eigenvalue weighted by Gasteiger charge is 2.48. The van der Waals surface area contributed by atoms with Gasteiger partial charge in [0.05, 0.1) is 42.1 Å². The monoisotopic (exact) mass is 416 g/mol. The van der Waals surface area contributed by atoms with E-state index in [-0.39, 0.29) is 28.0 Å². The zero-order valence-corrected chi connectivity index (χ0v) is 15.9. The van der Waals surface area contributed by atoms with Gasteiger partial charge in [-0.3, -0.25) is 9.59 Å². The SMILES string of the molecule is COc1cccc2c1C(=O)c1c(O)c3c(c(O)c1C2=O)C[C@](O)(C(O)CO)C[C@H]3O. The summed E-state index contributed by atoms with van der Waals surface area (Å²) in [5.41, 5.74) is -3.39. The molecule has 0 bridgehead atoms. The molecule has 158 valence electrons. The van der Waals surface area contributed by atoms with Gasteiger partial charge in [0.1, 0.15) is 23.4 Å². The maximum Gasteiger partial charge on any atom is 0.202 e. The number of hydrogen-bond acceptors (Lipinski definition) is 9. The summed E-state index contributed by atoms with van der Waals surface area (Å²) in [4.78, 5) is 26.3. The molecular formula is C21H20O9. The molecule has 9 nitrogen and oxygen atoms in total. The fraction of sp³-hybridized carbons (Fsp3) is 0.333. The molecule has 4 rings (SSSR count). The number of hydrogen-bond donors (Lipinski definition) is 6. The van der Waals surface area contributed by atoms with Crippen LogP contribution in [0.25, 0.3) is 0 Å². The number of methoxy groups -OCH3 is 1. The molecule has 9 heteroatoms. The lowest BCUT2D eigenvalue weighted by atomic mass is 9.71. The standard InChI is InChI=1S/C21H20O9/c1-30-11-4-2-3-8-14(11)20(28)16-15(17(8)25)18(26)9-5-21(29,12(24)7-22)6-10(23)13(9)19(16)27/h2-4,10,12,22-24,26-27,29H,5-7H2,1H3/t10-,12?,21-/m1/s1. The van der Waals surface area contributed by atoms with Crippen LogP contribution in [0.4, 0.5) is 0 Å². The highest BCUT2D eigenvalue weighted by molar-refractivity contribution is 6.31. The van der Waals surface area contributed by atoms with Crippen molar-refractivity contribution in [2.24, 2.45) is 0 Å². The number of aliphatic hydroxyl groups excluding tert-OH is 3. The average Bonchev–Trinajstić information content (AvgIpc) is 2.72. The Morgan fingerprint density at radius 2 is 1.80 bits per heavy atom. The van der Waals surface area contributed by atoms with Gasteiger partial charge in [-0.1, -0.05) is 12.1 Å². The first-order valence-electron chi connectivity index (χ1n) is 9.22. The molecule has 0 amide bonds. The number of carbonyl (C=O) groups is 2. The largest absolute Gasteiger partial charge is 0.507 e. The number of ether oxygens (including phenoxy) is 1. The third kappa shape index (κ3) is 2.56. The third-order valence-electron chi connectivity index (χ3n) is 5.92. The molecule has 2 aromatic rings. The van der Waals surface area contributed by atoms with Gasteiger partial charge in [-0.05, 0) is 6.07 Å². The highest BCUT2D eigenvalue weighted by Crippen LogP contribution is 2.51. The van der Waals surface area contributed by atoms with E-state index in [2.05, 4.69) is 0 Å². The van der Waals surface area contributed by atoms with E-state index < -0.39 is 71.4 Å². The van der Waals surface area contributed by atoms with Crippen molar-refractivity contribution in [2.75, 3.05) is 13.7 Å². The van der Waals surface area contributed by atoms with Crippen LogP contribution in [0.5, 0.6) is 17.2 Å². The van der Waals surface area contributed by atoms with Gasteiger partial charge in [-0.15, -0.1) is 0 Å². The number of fused-ring (bicyclic) bond motifs is 3. The molecule has 2 aromatic carbocycles. The summed E-state index contributed by atoms with van der Waals surface area (Å²) in [6, 6.07) is 4.37. The maximum absolute atomic E-state index is 13.2. The predicted molar refractivity (Wildman–Crippen MR) is 101 cm³/mol. The van der Waals surface area contributed by atoms with Crippen molar-refractivity contribution in [3.63, 3.8) is 0 Å². The summed E-state index contributed by atoms with van der Waals surface area (Å²) in [5.74, 6) is -2.72. The second-order valence-corrected chi connectivity index (χ2v) is 7.58. The molecule has 3 atom stereocenters. The maximum atomic E-state index is 13.2. The Morgan fingerprint density at radius 1 is 1.13 bits per heavy atom. The minimum Gasteiger partial charge on any atom is -0.507 e. The van der Waals surface area contributed by atoms with E-state index in [0.717, 1.165) is 0 Å². The van der Waals surface area contributed by atoms with E-state index in [0.29, 0.717) is 0 Å². The Morgan fingerprint density at radius 3 is 2.43 bits per heavy atom. The van der Waals surface area contributed by atoms with E-state index in [4.69, 9.17) is 4.74 Å². The van der Waals surface area contributed by atoms with Crippen LogP contribution < -0.4 is 4.74 Å². The second kappa shape index (κ2) is 6.78. The summed E-state index contributed by atoms with van der Waals surface area (Å²) < 4.78 is 5.17. The molecular weight excluding hydrogens is 396 g/mol. The Balaban J connectivity index is 1.99. The number of aliphatic hydroxyl groups is 4. The third-order valence-corrected chi connectivity index (χ3v) is 5.92. The molecule has 0 aromatic heterocycles. The first-order valence-corrected chi connectivity index (χ1v) is 9.22. The molecule has 1 unspecified atom stereocenters. The number of ketones is 2. The van der Waals surface area contributed by atoms with Crippen molar-refractivity contribution >= 4 is 11.6 Å². The number of phenols is 2. The molecule has 0 saturated carbocycles. The van der Waals surface area contributed by atoms with Crippen molar-refractivity contribution in [2.45, 2.75) is 30.7 Å². The van der Waals surface area contributed by atoms with Crippen LogP contribution in [0.15, 0.2) is 18.2 Å². The summed E-state index contributed by atoms with van der Waals surface area (Å²) in [7, 11) is 1.32. The van der Waals surface area contributed by atoms with Crippen molar-refractivity contribution < 1.29 is 45.0 Å². The molecule has 0 aliphatic heterocycles. The van der Waals surface area contributed by atoms with Crippen LogP contribution in [0.1, 0.15) is 55.5 Å². The first kappa shape index (κ1) is 20.3. The van der Waals surface area contributed by atoms with Gasteiger partial charge in [0.15, 0.2) is 5.78 Å². The van der Waals surface area contributed by atoms with Crippen LogP contribution in [0.2, 0.25) is 0 Å². The van der Waals surface area contributed by atoms with Gasteiger partial charge < -0.3 is 35.4 Å². The Labute approximate surface area is 170 Å². The molecule has 6 N–H and O–H groups in total. The lowest BCUT2D eigenvalue weighted by Crippen LogP contribution is -2.50. The Bertz CT molecular complexity index is 1090. The van der Waals surface area contributed by atoms with Gasteiger partial charge in [0.2, 0.25) is 5.78 Å². The van der Waals surface area contributed by atoms with Gasteiger partial charge in [-0.25, -0.2) is 0 Å². The fourth-order valence-electron chi connectivity index (χ4n) is 4.40. The van der Waals surface area contributed by atoms with Crippen molar-refractivity contribution in [1.82, 2.24) is 0 Å². The van der Waals surface area contributed by atoms with E-state index in [1.165, 1.54) is 25.3 Å². The quantitative estimate of drug-likeness (QED) is 0.321. The summed E-state index contributed by atoms with van der Waals surface area (Å²) in [6.07, 6.45) is -4.13. The molecule has 2 aliphatic rings. The molecule has 0 spiro atoms. The number of rotatable bonds is 3. The first-order chi connectivity index (χ1) is 14.2. The van der Waals surface area contributed by atoms with Crippen LogP contribution >= 0.6 is 0 Å². The van der Waals surface area contributed by atoms with E-state index >= 15 is 0 Å². The Hall–Kier alpha value is -2.98. The minimum absolute atomic E-state index is 0.0245. The van der Waals surface area contributed by atoms with Crippen LogP contribution in [-0.2, 0) is 6.42 Å². The topological polar surface area (TPSA) is 165 Å². The lowest BCUT2D eigenvalue weighted by molar-refractivity contribution is -0.122. The zero-order chi connectivity index (χ0) is 22.0. The predicted octanol–water partition coefficient (Wildman–Crippen LogP) is -0.0543. The van der Waals surface area contributed by atoms with Crippen LogP contribution in [0, 0.1) is 0 Å². The zero-order valence-electron chi connectivity index (χ0n) is 15.9. The van der Waals surface area contributed by atoms with E-state index in [9.17, 15) is 40.2 Å². The van der Waals surface area contributed by atoms with Crippen molar-refractivity contribution in [1.29, 1.82) is 0 Å². The molecule has 30 heavy (non-hydrogen) atoms. The van der Waals surface area contributed by atoms with E-state index in [1.807, 2.05) is 0 Å². The number of phenolic OH excluding ortho intramolecular Hbond substituents is 2. The average molecular weight is 416 g/mol. The fourth-order valence-corrected chi connectivity index (χ4v) is 4.40. The number of benzene rings is 2. The van der Waals surface area contributed by atoms with Crippen molar-refractivity contribution in [3.05, 3.63) is 51.6 Å². The number of aromatic hydroxyl groups is 2. The van der Waals surface area contributed by atoms with Gasteiger partial charge >= 0.3 is 0 Å². The highest BCUT2D eigenvalue weighted by atomic mass is 16.5. The van der Waals surface area contributed by atoms with Crippen molar-refractivity contribution in [3.8, 4) is 17.2 Å². The Kier molecular flexibility index (Phi) is 4.59. The minimum atomic E-state index is -2.01. The summed E-state index contributed by atoms with van der Waals surface area (Å²) >= 11 is 0. The second-order valence-electron chi connectivity index (χ2n) is 7.58. The molecule has 0 heterocycles. The molecule has 0 radical (unpaired) electrons. The lowest BCUT2D eigenvalue weighted by Gasteiger charge is -2.40. The number of carbonyl (C=O) groups excluding carboxylic acids is 2. The molecule has 0 fully saturated rings. The van der Waals surface area contributed by atoms with Crippen LogP contribution in [0.3, 0.4) is 0 Å². The normalized spacial score (nSPS) is 23.4. The van der Waals surface area contributed by atoms with Gasteiger partial charge in [0, 0.05) is 29.5 Å². The van der Waals surface area contributed by atoms with Gasteiger partial charge in [-0.2, -0.15) is 0 Å². The summed E-state index contributed by atoms with van der Waals surface area (Å²) in [6.45, 7) is -0.805. The van der Waals surface area contributed by atoms with Crippen LogP contribution in [-0.4, -0.2) is 67.6 Å². The van der Waals surface area contributed by atoms with E-state index in [1.54, 1.807) is 0 Å². The smallest absolute Gasteiger partial charge is 0.202 e. The molecule has 0 saturated heterocycles. The van der Waals surface area contributed by atoms with Gasteiger partial charge in [0.25, 0.3) is 0 Å².